The maximum atomic E-state index is 13.2. The molecule has 4 aliphatic rings. The zero-order valence-corrected chi connectivity index (χ0v) is 15.5. The maximum absolute atomic E-state index is 13.2. The summed E-state index contributed by atoms with van der Waals surface area (Å²) in [6, 6.07) is 5.12. The third-order valence-corrected chi connectivity index (χ3v) is 6.87. The van der Waals surface area contributed by atoms with Crippen molar-refractivity contribution in [3.63, 3.8) is 0 Å². The molecule has 28 heavy (non-hydrogen) atoms. The fourth-order valence-electron chi connectivity index (χ4n) is 5.59. The average molecular weight is 376 g/mol. The second-order valence-electron chi connectivity index (χ2n) is 8.47. The van der Waals surface area contributed by atoms with Crippen LogP contribution in [-0.4, -0.2) is 53.8 Å². The Bertz CT molecular complexity index is 1070. The number of likely N-dealkylation sites (tertiary alicyclic amines) is 1. The van der Waals surface area contributed by atoms with Crippen LogP contribution in [0, 0.1) is 11.8 Å². The molecule has 142 valence electrons. The summed E-state index contributed by atoms with van der Waals surface area (Å²) < 4.78 is 0. The fraction of sp³-hybridized carbons (Fsp3) is 0.429. The van der Waals surface area contributed by atoms with Gasteiger partial charge in [0.1, 0.15) is 6.04 Å². The lowest BCUT2D eigenvalue weighted by atomic mass is 9.99. The smallest absolute Gasteiger partial charge is 0.259 e. The molecule has 3 atom stereocenters. The van der Waals surface area contributed by atoms with Gasteiger partial charge in [0, 0.05) is 31.1 Å². The monoisotopic (exact) mass is 376 g/mol. The number of pyridine rings is 1. The van der Waals surface area contributed by atoms with E-state index < -0.39 is 11.9 Å². The lowest BCUT2D eigenvalue weighted by Crippen LogP contribution is -2.53. The van der Waals surface area contributed by atoms with E-state index in [9.17, 15) is 14.4 Å². The number of carbonyl (C=O) groups is 3. The van der Waals surface area contributed by atoms with Crippen LogP contribution in [0.3, 0.4) is 0 Å². The Kier molecular flexibility index (Phi) is 3.11. The molecule has 0 spiro atoms. The Morgan fingerprint density at radius 1 is 1.11 bits per heavy atom. The Morgan fingerprint density at radius 2 is 1.89 bits per heavy atom. The zero-order chi connectivity index (χ0) is 19.2. The van der Waals surface area contributed by atoms with Gasteiger partial charge in [-0.1, -0.05) is 6.07 Å². The van der Waals surface area contributed by atoms with E-state index in [4.69, 9.17) is 0 Å². The number of benzene rings is 1. The number of amides is 3. The van der Waals surface area contributed by atoms with Crippen molar-refractivity contribution in [2.45, 2.75) is 24.8 Å². The standard InChI is InChI=1S/C21H20N4O3/c1-24-8-12-13(9-24)17(12)10-2-3-11-18-14(6-7-22-19(10)18)25(21(11)28)15-4-5-16(26)23-20(15)27/h2-3,6-7,12-13,15,17H,4-5,8-9H2,1H3,(H,23,26,27). The molecule has 3 fully saturated rings. The molecule has 6 rings (SSSR count). The first-order valence-corrected chi connectivity index (χ1v) is 9.82. The maximum Gasteiger partial charge on any atom is 0.259 e. The van der Waals surface area contributed by atoms with E-state index in [0.29, 0.717) is 29.7 Å². The van der Waals surface area contributed by atoms with Crippen molar-refractivity contribution in [1.29, 1.82) is 0 Å². The number of aromatic nitrogens is 1. The summed E-state index contributed by atoms with van der Waals surface area (Å²) in [5.74, 6) is 0.997. The van der Waals surface area contributed by atoms with E-state index >= 15 is 0 Å². The van der Waals surface area contributed by atoms with Gasteiger partial charge < -0.3 is 4.90 Å². The highest BCUT2D eigenvalue weighted by Gasteiger charge is 2.56. The third kappa shape index (κ3) is 2.02. The van der Waals surface area contributed by atoms with Crippen molar-refractivity contribution in [2.24, 2.45) is 11.8 Å². The minimum absolute atomic E-state index is 0.176. The van der Waals surface area contributed by atoms with E-state index in [2.05, 4.69) is 28.3 Å². The van der Waals surface area contributed by atoms with Gasteiger partial charge in [-0.3, -0.25) is 29.6 Å². The fourth-order valence-corrected chi connectivity index (χ4v) is 5.59. The van der Waals surface area contributed by atoms with Crippen molar-refractivity contribution >= 4 is 34.3 Å². The van der Waals surface area contributed by atoms with E-state index in [-0.39, 0.29) is 18.2 Å². The molecule has 2 aromatic rings. The molecule has 7 heteroatoms. The zero-order valence-electron chi connectivity index (χ0n) is 15.5. The van der Waals surface area contributed by atoms with Gasteiger partial charge in [-0.2, -0.15) is 0 Å². The van der Waals surface area contributed by atoms with E-state index in [1.807, 2.05) is 12.1 Å². The number of piperidine rings is 2. The van der Waals surface area contributed by atoms with Crippen molar-refractivity contribution in [3.05, 3.63) is 35.5 Å². The molecule has 0 radical (unpaired) electrons. The van der Waals surface area contributed by atoms with Crippen LogP contribution in [0.5, 0.6) is 0 Å². The Labute approximate surface area is 161 Å². The van der Waals surface area contributed by atoms with Crippen LogP contribution in [0.1, 0.15) is 34.7 Å². The number of fused-ring (bicyclic) bond motifs is 1. The molecule has 3 aliphatic heterocycles. The molecule has 1 aromatic carbocycles. The highest BCUT2D eigenvalue weighted by molar-refractivity contribution is 6.27. The molecule has 1 N–H and O–H groups in total. The van der Waals surface area contributed by atoms with Crippen LogP contribution < -0.4 is 10.2 Å². The predicted molar refractivity (Wildman–Crippen MR) is 102 cm³/mol. The quantitative estimate of drug-likeness (QED) is 0.799. The SMILES string of the molecule is CN1CC2C(C1)C2c1ccc2c3c(ccnc13)N(C1CCC(=O)NC1=O)C2=O. The summed E-state index contributed by atoms with van der Waals surface area (Å²) >= 11 is 0. The second-order valence-corrected chi connectivity index (χ2v) is 8.47. The van der Waals surface area contributed by atoms with Crippen LogP contribution in [-0.2, 0) is 9.59 Å². The first kappa shape index (κ1) is 16.2. The first-order chi connectivity index (χ1) is 13.5. The van der Waals surface area contributed by atoms with Crippen LogP contribution in [0.4, 0.5) is 5.69 Å². The molecule has 3 unspecified atom stereocenters. The number of anilines is 1. The van der Waals surface area contributed by atoms with Gasteiger partial charge in [-0.25, -0.2) is 0 Å². The Balaban J connectivity index is 1.45. The number of nitrogens with zero attached hydrogens (tertiary/aromatic N) is 3. The molecule has 3 amide bonds. The molecule has 1 saturated carbocycles. The number of rotatable bonds is 2. The van der Waals surface area contributed by atoms with Crippen LogP contribution in [0.2, 0.25) is 0 Å². The van der Waals surface area contributed by atoms with Crippen LogP contribution >= 0.6 is 0 Å². The second kappa shape index (κ2) is 5.38. The first-order valence-electron chi connectivity index (χ1n) is 9.82. The van der Waals surface area contributed by atoms with E-state index in [1.165, 1.54) is 5.56 Å². The number of imide groups is 1. The minimum atomic E-state index is -0.652. The van der Waals surface area contributed by atoms with E-state index in [0.717, 1.165) is 29.7 Å². The Morgan fingerprint density at radius 3 is 2.64 bits per heavy atom. The third-order valence-electron chi connectivity index (χ3n) is 6.87. The molecule has 7 nitrogen and oxygen atoms in total. The number of carbonyl (C=O) groups excluding carboxylic acids is 3. The van der Waals surface area contributed by atoms with Gasteiger partial charge in [-0.05, 0) is 48.9 Å². The highest BCUT2D eigenvalue weighted by atomic mass is 16.2. The van der Waals surface area contributed by atoms with Crippen molar-refractivity contribution in [1.82, 2.24) is 15.2 Å². The minimum Gasteiger partial charge on any atom is -0.306 e. The molecular formula is C21H20N4O3. The van der Waals surface area contributed by atoms with Gasteiger partial charge in [0.15, 0.2) is 0 Å². The normalized spacial score (nSPS) is 31.5. The highest BCUT2D eigenvalue weighted by Crippen LogP contribution is 2.59. The van der Waals surface area contributed by atoms with Gasteiger partial charge >= 0.3 is 0 Å². The molecule has 2 saturated heterocycles. The summed E-state index contributed by atoms with van der Waals surface area (Å²) in [4.78, 5) is 45.7. The number of hydrogen-bond donors (Lipinski definition) is 1. The molecule has 4 heterocycles. The molecule has 0 bridgehead atoms. The topological polar surface area (TPSA) is 82.6 Å². The molecule has 1 aromatic heterocycles. The largest absolute Gasteiger partial charge is 0.306 e. The van der Waals surface area contributed by atoms with Gasteiger partial charge in [0.2, 0.25) is 11.8 Å². The summed E-state index contributed by atoms with van der Waals surface area (Å²) in [5, 5.41) is 3.22. The summed E-state index contributed by atoms with van der Waals surface area (Å²) in [6.45, 7) is 2.22. The van der Waals surface area contributed by atoms with Crippen LogP contribution in [0.25, 0.3) is 10.9 Å². The van der Waals surface area contributed by atoms with Crippen molar-refractivity contribution in [2.75, 3.05) is 25.0 Å². The van der Waals surface area contributed by atoms with Crippen LogP contribution in [0.15, 0.2) is 24.4 Å². The summed E-state index contributed by atoms with van der Waals surface area (Å²) in [7, 11) is 2.16. The van der Waals surface area contributed by atoms with Gasteiger partial charge in [0.25, 0.3) is 5.91 Å². The summed E-state index contributed by atoms with van der Waals surface area (Å²) in [5.41, 5.74) is 3.46. The van der Waals surface area contributed by atoms with E-state index in [1.54, 1.807) is 11.1 Å². The number of nitrogens with one attached hydrogen (secondary N) is 1. The molecular weight excluding hydrogens is 356 g/mol. The van der Waals surface area contributed by atoms with Crippen molar-refractivity contribution < 1.29 is 14.4 Å². The van der Waals surface area contributed by atoms with Gasteiger partial charge in [0.05, 0.1) is 16.8 Å². The van der Waals surface area contributed by atoms with Gasteiger partial charge in [-0.15, -0.1) is 0 Å². The lowest BCUT2D eigenvalue weighted by Gasteiger charge is -2.30. The average Bonchev–Trinajstić information content (AvgIpc) is 3.02. The Hall–Kier alpha value is -2.80. The lowest BCUT2D eigenvalue weighted by molar-refractivity contribution is -0.134. The number of hydrogen-bond acceptors (Lipinski definition) is 5. The summed E-state index contributed by atoms with van der Waals surface area (Å²) in [6.07, 6.45) is 2.32. The van der Waals surface area contributed by atoms with Crippen molar-refractivity contribution in [3.8, 4) is 0 Å². The predicted octanol–water partition coefficient (Wildman–Crippen LogP) is 1.28. The molecule has 1 aliphatic carbocycles.